The lowest BCUT2D eigenvalue weighted by Crippen LogP contribution is -2.41. The predicted octanol–water partition coefficient (Wildman–Crippen LogP) is 0.186. The Morgan fingerprint density at radius 1 is 1.47 bits per heavy atom. The third kappa shape index (κ3) is 2.24. The van der Waals surface area contributed by atoms with Crippen molar-refractivity contribution in [2.45, 2.75) is 18.9 Å². The molecule has 0 amide bonds. The van der Waals surface area contributed by atoms with Crippen LogP contribution in [0.4, 0.5) is 0 Å². The molecule has 2 aliphatic heterocycles. The van der Waals surface area contributed by atoms with Gasteiger partial charge in [-0.1, -0.05) is 6.08 Å². The number of piperidine rings is 1. The first-order chi connectivity index (χ1) is 7.13. The average Bonchev–Trinajstić information content (AvgIpc) is 2.61. The molecule has 5 heteroatoms. The van der Waals surface area contributed by atoms with Gasteiger partial charge in [0.15, 0.2) is 0 Å². The molecule has 2 aliphatic rings. The van der Waals surface area contributed by atoms with E-state index in [0.29, 0.717) is 25.0 Å². The third-order valence-corrected chi connectivity index (χ3v) is 5.03. The van der Waals surface area contributed by atoms with Crippen molar-refractivity contribution in [1.82, 2.24) is 9.62 Å². The van der Waals surface area contributed by atoms with Gasteiger partial charge in [-0.15, -0.1) is 6.58 Å². The highest BCUT2D eigenvalue weighted by Gasteiger charge is 2.38. The molecule has 0 aromatic heterocycles. The normalized spacial score (nSPS) is 32.5. The molecule has 2 atom stereocenters. The Bertz CT molecular complexity index is 325. The first-order valence-electron chi connectivity index (χ1n) is 5.45. The standard InChI is InChI=1S/C10H18N2O2S/c1-2-6-15(13,14)12-7-9-4-3-5-11-10(9)8-12/h2,9-11H,1,3-8H2/t9-,10+/m0/s1. The van der Waals surface area contributed by atoms with Crippen LogP contribution in [-0.2, 0) is 10.0 Å². The maximum atomic E-state index is 11.8. The van der Waals surface area contributed by atoms with Gasteiger partial charge in [0.1, 0.15) is 0 Å². The summed E-state index contributed by atoms with van der Waals surface area (Å²) in [6.45, 7) is 5.84. The second-order valence-electron chi connectivity index (χ2n) is 4.35. The van der Waals surface area contributed by atoms with Crippen LogP contribution in [0, 0.1) is 5.92 Å². The van der Waals surface area contributed by atoms with Gasteiger partial charge in [0.2, 0.25) is 10.0 Å². The van der Waals surface area contributed by atoms with Crippen molar-refractivity contribution in [3.05, 3.63) is 12.7 Å². The lowest BCUT2D eigenvalue weighted by molar-refractivity contribution is 0.339. The maximum Gasteiger partial charge on any atom is 0.217 e. The summed E-state index contributed by atoms with van der Waals surface area (Å²) in [5.74, 6) is 0.574. The lowest BCUT2D eigenvalue weighted by Gasteiger charge is -2.24. The molecule has 0 bridgehead atoms. The molecule has 2 rings (SSSR count). The molecule has 2 fully saturated rings. The van der Waals surface area contributed by atoms with E-state index in [4.69, 9.17) is 0 Å². The van der Waals surface area contributed by atoms with Crippen molar-refractivity contribution >= 4 is 10.0 Å². The lowest BCUT2D eigenvalue weighted by atomic mass is 9.94. The number of nitrogens with one attached hydrogen (secondary N) is 1. The van der Waals surface area contributed by atoms with Gasteiger partial charge in [-0.05, 0) is 25.3 Å². The van der Waals surface area contributed by atoms with Crippen molar-refractivity contribution in [3.8, 4) is 0 Å². The van der Waals surface area contributed by atoms with Crippen LogP contribution < -0.4 is 5.32 Å². The summed E-state index contributed by atoms with van der Waals surface area (Å²) in [6, 6.07) is 0.373. The summed E-state index contributed by atoms with van der Waals surface area (Å²) >= 11 is 0. The van der Waals surface area contributed by atoms with Crippen molar-refractivity contribution in [2.24, 2.45) is 5.92 Å². The molecule has 0 saturated carbocycles. The van der Waals surface area contributed by atoms with E-state index in [0.717, 1.165) is 19.4 Å². The van der Waals surface area contributed by atoms with Crippen molar-refractivity contribution in [3.63, 3.8) is 0 Å². The van der Waals surface area contributed by atoms with Gasteiger partial charge >= 0.3 is 0 Å². The van der Waals surface area contributed by atoms with Crippen LogP contribution in [0.5, 0.6) is 0 Å². The summed E-state index contributed by atoms with van der Waals surface area (Å²) in [7, 11) is -3.09. The predicted molar refractivity (Wildman–Crippen MR) is 60.1 cm³/mol. The highest BCUT2D eigenvalue weighted by atomic mass is 32.2. The molecule has 0 unspecified atom stereocenters. The summed E-state index contributed by atoms with van der Waals surface area (Å²) in [5, 5.41) is 3.39. The van der Waals surface area contributed by atoms with E-state index < -0.39 is 10.0 Å². The molecule has 15 heavy (non-hydrogen) atoms. The first kappa shape index (κ1) is 11.1. The number of hydrogen-bond acceptors (Lipinski definition) is 3. The second-order valence-corrected chi connectivity index (χ2v) is 6.36. The molecule has 2 heterocycles. The van der Waals surface area contributed by atoms with Gasteiger partial charge in [0.05, 0.1) is 5.75 Å². The number of rotatable bonds is 3. The Kier molecular flexibility index (Phi) is 3.13. The fourth-order valence-corrected chi connectivity index (χ4v) is 3.80. The van der Waals surface area contributed by atoms with E-state index in [9.17, 15) is 8.42 Å². The summed E-state index contributed by atoms with van der Waals surface area (Å²) in [4.78, 5) is 0. The quantitative estimate of drug-likeness (QED) is 0.704. The van der Waals surface area contributed by atoms with E-state index in [2.05, 4.69) is 11.9 Å². The second kappa shape index (κ2) is 4.23. The fraction of sp³-hybridized carbons (Fsp3) is 0.800. The molecule has 1 N–H and O–H groups in total. The van der Waals surface area contributed by atoms with Crippen molar-refractivity contribution in [1.29, 1.82) is 0 Å². The molecule has 4 nitrogen and oxygen atoms in total. The zero-order chi connectivity index (χ0) is 10.9. The van der Waals surface area contributed by atoms with Crippen LogP contribution in [-0.4, -0.2) is 44.2 Å². The largest absolute Gasteiger partial charge is 0.312 e. The Labute approximate surface area is 91.4 Å². The molecule has 86 valence electrons. The number of sulfonamides is 1. The van der Waals surface area contributed by atoms with E-state index in [1.807, 2.05) is 0 Å². The van der Waals surface area contributed by atoms with Crippen LogP contribution in [0.15, 0.2) is 12.7 Å². The van der Waals surface area contributed by atoms with E-state index >= 15 is 0 Å². The zero-order valence-corrected chi connectivity index (χ0v) is 9.67. The summed E-state index contributed by atoms with van der Waals surface area (Å²) < 4.78 is 25.2. The minimum atomic E-state index is -3.09. The number of nitrogens with zero attached hydrogens (tertiary/aromatic N) is 1. The van der Waals surface area contributed by atoms with Crippen molar-refractivity contribution < 1.29 is 8.42 Å². The number of hydrogen-bond donors (Lipinski definition) is 1. The highest BCUT2D eigenvalue weighted by Crippen LogP contribution is 2.26. The SMILES string of the molecule is C=CCS(=O)(=O)N1C[C@@H]2CCCN[C@@H]2C1. The van der Waals surface area contributed by atoms with Gasteiger partial charge in [0, 0.05) is 19.1 Å². The molecule has 0 aromatic rings. The van der Waals surface area contributed by atoms with Crippen LogP contribution in [0.25, 0.3) is 0 Å². The maximum absolute atomic E-state index is 11.8. The van der Waals surface area contributed by atoms with E-state index in [-0.39, 0.29) is 5.75 Å². The van der Waals surface area contributed by atoms with E-state index in [1.54, 1.807) is 4.31 Å². The van der Waals surface area contributed by atoms with Crippen LogP contribution in [0.1, 0.15) is 12.8 Å². The van der Waals surface area contributed by atoms with Gasteiger partial charge in [-0.25, -0.2) is 8.42 Å². The summed E-state index contributed by atoms with van der Waals surface area (Å²) in [5.41, 5.74) is 0. The third-order valence-electron chi connectivity index (χ3n) is 3.29. The number of fused-ring (bicyclic) bond motifs is 1. The Balaban J connectivity index is 2.05. The smallest absolute Gasteiger partial charge is 0.217 e. The topological polar surface area (TPSA) is 49.4 Å². The minimum absolute atomic E-state index is 0.0619. The average molecular weight is 230 g/mol. The summed E-state index contributed by atoms with van der Waals surface area (Å²) in [6.07, 6.45) is 3.78. The Hall–Kier alpha value is -0.390. The van der Waals surface area contributed by atoms with Crippen LogP contribution >= 0.6 is 0 Å². The molecular formula is C10H18N2O2S. The van der Waals surface area contributed by atoms with Crippen LogP contribution in [0.2, 0.25) is 0 Å². The Morgan fingerprint density at radius 3 is 2.93 bits per heavy atom. The molecule has 0 spiro atoms. The monoisotopic (exact) mass is 230 g/mol. The molecule has 2 saturated heterocycles. The van der Waals surface area contributed by atoms with Gasteiger partial charge in [-0.2, -0.15) is 4.31 Å². The minimum Gasteiger partial charge on any atom is -0.312 e. The molecular weight excluding hydrogens is 212 g/mol. The Morgan fingerprint density at radius 2 is 2.27 bits per heavy atom. The molecule has 0 radical (unpaired) electrons. The fourth-order valence-electron chi connectivity index (χ4n) is 2.49. The van der Waals surface area contributed by atoms with Gasteiger partial charge < -0.3 is 5.32 Å². The van der Waals surface area contributed by atoms with E-state index in [1.165, 1.54) is 6.08 Å². The van der Waals surface area contributed by atoms with Crippen LogP contribution in [0.3, 0.4) is 0 Å². The molecule has 0 aliphatic carbocycles. The highest BCUT2D eigenvalue weighted by molar-refractivity contribution is 7.89. The van der Waals surface area contributed by atoms with Gasteiger partial charge in [0.25, 0.3) is 0 Å². The molecule has 0 aromatic carbocycles. The first-order valence-corrected chi connectivity index (χ1v) is 7.06. The zero-order valence-electron chi connectivity index (χ0n) is 8.85. The van der Waals surface area contributed by atoms with Crippen molar-refractivity contribution in [2.75, 3.05) is 25.4 Å². The van der Waals surface area contributed by atoms with Gasteiger partial charge in [-0.3, -0.25) is 0 Å².